The van der Waals surface area contributed by atoms with Gasteiger partial charge in [-0.3, -0.25) is 14.3 Å². The van der Waals surface area contributed by atoms with E-state index in [1.165, 1.54) is 16.8 Å². The minimum atomic E-state index is -1.42. The Hall–Kier alpha value is -1.52. The number of rotatable bonds is 4. The van der Waals surface area contributed by atoms with Gasteiger partial charge in [0.2, 0.25) is 0 Å². The highest BCUT2D eigenvalue weighted by Gasteiger charge is 2.26. The molecule has 0 aromatic carbocycles. The van der Waals surface area contributed by atoms with Crippen molar-refractivity contribution >= 4 is 0 Å². The summed E-state index contributed by atoms with van der Waals surface area (Å²) in [6.07, 6.45) is 3.00. The third-order valence-corrected chi connectivity index (χ3v) is 3.58. The molecule has 154 valence electrons. The van der Waals surface area contributed by atoms with E-state index in [0.29, 0.717) is 25.7 Å². The summed E-state index contributed by atoms with van der Waals surface area (Å²) < 4.78 is 6.74. The summed E-state index contributed by atoms with van der Waals surface area (Å²) in [5.74, 6) is -1.42. The van der Waals surface area contributed by atoms with Crippen LogP contribution in [-0.2, 0) is 4.74 Å². The first-order chi connectivity index (χ1) is 12.3. The fourth-order valence-corrected chi connectivity index (χ4v) is 1.93. The summed E-state index contributed by atoms with van der Waals surface area (Å²) in [4.78, 5) is 24.4. The van der Waals surface area contributed by atoms with Gasteiger partial charge in [0.05, 0.1) is 12.7 Å². The molecule has 5 N–H and O–H groups in total. The number of ether oxygens (including phenoxy) is 1. The Balaban J connectivity index is 0. The molecule has 1 aromatic heterocycles. The molecule has 0 bridgehead atoms. The summed E-state index contributed by atoms with van der Waals surface area (Å²) in [7, 11) is 1.00. The maximum absolute atomic E-state index is 11.4. The molecule has 0 saturated carbocycles. The Morgan fingerprint density at radius 1 is 1.19 bits per heavy atom. The molecule has 0 radical (unpaired) electrons. The van der Waals surface area contributed by atoms with Crippen molar-refractivity contribution in [1.29, 1.82) is 0 Å². The van der Waals surface area contributed by atoms with Crippen LogP contribution in [0.5, 0.6) is 0 Å². The number of aliphatic hydroxyl groups excluding tert-OH is 2. The largest absolute Gasteiger partial charge is 0.400 e. The van der Waals surface area contributed by atoms with Crippen LogP contribution in [0.2, 0.25) is 0 Å². The molecule has 2 rings (SSSR count). The Morgan fingerprint density at radius 3 is 2.08 bits per heavy atom. The molecule has 9 heteroatoms. The minimum absolute atomic E-state index is 0.0470. The zero-order valence-corrected chi connectivity index (χ0v) is 16.3. The Labute approximate surface area is 153 Å². The van der Waals surface area contributed by atoms with Gasteiger partial charge >= 0.3 is 5.69 Å². The lowest BCUT2D eigenvalue weighted by Gasteiger charge is -2.15. The van der Waals surface area contributed by atoms with E-state index in [2.05, 4.69) is 4.98 Å². The fraction of sp³-hybridized carbons (Fsp3) is 0.765. The highest BCUT2D eigenvalue weighted by molar-refractivity contribution is 4.85. The topological polar surface area (TPSA) is 145 Å². The van der Waals surface area contributed by atoms with Crippen LogP contribution in [0.3, 0.4) is 0 Å². The molecule has 9 nitrogen and oxygen atoms in total. The SMILES string of the molecule is CC.CCC(O)(O)CC.CO.O=c1ccn(C2CCC(CO)O2)c(=O)[nH]1. The van der Waals surface area contributed by atoms with E-state index >= 15 is 0 Å². The Kier molecular flexibility index (Phi) is 15.0. The zero-order valence-electron chi connectivity index (χ0n) is 16.3. The summed E-state index contributed by atoms with van der Waals surface area (Å²) >= 11 is 0. The third kappa shape index (κ3) is 9.83. The minimum Gasteiger partial charge on any atom is -0.400 e. The molecule has 0 amide bonds. The zero-order chi connectivity index (χ0) is 20.8. The maximum atomic E-state index is 11.4. The van der Waals surface area contributed by atoms with Gasteiger partial charge in [0.1, 0.15) is 6.23 Å². The molecule has 2 unspecified atom stereocenters. The smallest absolute Gasteiger partial charge is 0.330 e. The van der Waals surface area contributed by atoms with Gasteiger partial charge in [-0.05, 0) is 25.7 Å². The van der Waals surface area contributed by atoms with Gasteiger partial charge in [-0.15, -0.1) is 0 Å². The van der Waals surface area contributed by atoms with Gasteiger partial charge in [-0.1, -0.05) is 27.7 Å². The van der Waals surface area contributed by atoms with Crippen molar-refractivity contribution in [1.82, 2.24) is 9.55 Å². The van der Waals surface area contributed by atoms with Gasteiger partial charge in [0, 0.05) is 19.4 Å². The lowest BCUT2D eigenvalue weighted by atomic mass is 10.2. The number of H-pyrrole nitrogens is 1. The highest BCUT2D eigenvalue weighted by atomic mass is 16.5. The molecule has 1 aliphatic rings. The van der Waals surface area contributed by atoms with Crippen molar-refractivity contribution in [3.63, 3.8) is 0 Å². The molecule has 1 saturated heterocycles. The number of hydrogen-bond acceptors (Lipinski definition) is 7. The second kappa shape index (κ2) is 14.6. The van der Waals surface area contributed by atoms with Crippen molar-refractivity contribution < 1.29 is 25.2 Å². The van der Waals surface area contributed by atoms with E-state index in [1.54, 1.807) is 13.8 Å². The number of nitrogens with zero attached hydrogens (tertiary/aromatic N) is 1. The molecule has 2 atom stereocenters. The van der Waals surface area contributed by atoms with Crippen molar-refractivity contribution in [3.05, 3.63) is 33.1 Å². The van der Waals surface area contributed by atoms with Crippen molar-refractivity contribution in [2.45, 2.75) is 71.5 Å². The van der Waals surface area contributed by atoms with E-state index in [0.717, 1.165) is 7.11 Å². The number of aromatic nitrogens is 2. The standard InChI is InChI=1S/C9H12N2O4.C5H12O2.C2H6.CH4O/c12-5-6-1-2-8(15-6)11-4-3-7(13)10-9(11)14;1-3-5(6,7)4-2;2*1-2/h3-4,6,8,12H,1-2,5H2,(H,10,13,14);6-7H,3-4H2,1-2H3;1-2H3;2H,1H3. The molecule has 0 aliphatic carbocycles. The second-order valence-electron chi connectivity index (χ2n) is 5.18. The molecule has 2 heterocycles. The van der Waals surface area contributed by atoms with E-state index in [1.807, 2.05) is 13.8 Å². The average molecular weight is 378 g/mol. The van der Waals surface area contributed by atoms with Crippen LogP contribution in [0.25, 0.3) is 0 Å². The van der Waals surface area contributed by atoms with Crippen molar-refractivity contribution in [2.24, 2.45) is 0 Å². The van der Waals surface area contributed by atoms with Crippen LogP contribution in [0.15, 0.2) is 21.9 Å². The van der Waals surface area contributed by atoms with E-state index in [9.17, 15) is 9.59 Å². The summed E-state index contributed by atoms with van der Waals surface area (Å²) in [6, 6.07) is 1.27. The first kappa shape index (κ1) is 26.7. The number of aromatic amines is 1. The molecule has 1 aliphatic heterocycles. The lowest BCUT2D eigenvalue weighted by molar-refractivity contribution is -0.163. The van der Waals surface area contributed by atoms with Gasteiger partial charge in [0.15, 0.2) is 5.79 Å². The van der Waals surface area contributed by atoms with Gasteiger partial charge in [-0.25, -0.2) is 4.79 Å². The van der Waals surface area contributed by atoms with Crippen LogP contribution in [-0.4, -0.2) is 55.6 Å². The molecule has 1 aromatic rings. The Morgan fingerprint density at radius 2 is 1.73 bits per heavy atom. The first-order valence-electron chi connectivity index (χ1n) is 8.80. The molecular weight excluding hydrogens is 344 g/mol. The van der Waals surface area contributed by atoms with E-state index in [-0.39, 0.29) is 18.9 Å². The Bertz CT molecular complexity index is 563. The van der Waals surface area contributed by atoms with Crippen LogP contribution < -0.4 is 11.2 Å². The van der Waals surface area contributed by atoms with E-state index in [4.69, 9.17) is 25.2 Å². The summed E-state index contributed by atoms with van der Waals surface area (Å²) in [5.41, 5.74) is -0.904. The number of nitrogens with one attached hydrogen (secondary N) is 1. The normalized spacial score (nSPS) is 18.5. The van der Waals surface area contributed by atoms with E-state index < -0.39 is 17.0 Å². The van der Waals surface area contributed by atoms with Crippen LogP contribution >= 0.6 is 0 Å². The highest BCUT2D eigenvalue weighted by Crippen LogP contribution is 2.26. The molecular formula is C17H34N2O7. The average Bonchev–Trinajstić information content (AvgIpc) is 3.14. The predicted molar refractivity (Wildman–Crippen MR) is 98.8 cm³/mol. The van der Waals surface area contributed by atoms with Gasteiger partial charge < -0.3 is 25.2 Å². The summed E-state index contributed by atoms with van der Waals surface area (Å²) in [5, 5.41) is 33.2. The van der Waals surface area contributed by atoms with Crippen LogP contribution in [0, 0.1) is 0 Å². The lowest BCUT2D eigenvalue weighted by Crippen LogP contribution is -2.31. The molecule has 1 fully saturated rings. The molecule has 0 spiro atoms. The number of aliphatic hydroxyl groups is 4. The third-order valence-electron chi connectivity index (χ3n) is 3.58. The second-order valence-corrected chi connectivity index (χ2v) is 5.18. The first-order valence-corrected chi connectivity index (χ1v) is 8.80. The quantitative estimate of drug-likeness (QED) is 0.475. The maximum Gasteiger partial charge on any atom is 0.330 e. The predicted octanol–water partition coefficient (Wildman–Crippen LogP) is 0.328. The van der Waals surface area contributed by atoms with Crippen molar-refractivity contribution in [2.75, 3.05) is 13.7 Å². The van der Waals surface area contributed by atoms with Gasteiger partial charge in [0.25, 0.3) is 5.56 Å². The van der Waals surface area contributed by atoms with Crippen LogP contribution in [0.4, 0.5) is 0 Å². The monoisotopic (exact) mass is 378 g/mol. The van der Waals surface area contributed by atoms with Gasteiger partial charge in [-0.2, -0.15) is 0 Å². The number of hydrogen-bond donors (Lipinski definition) is 5. The molecule has 26 heavy (non-hydrogen) atoms. The fourth-order valence-electron chi connectivity index (χ4n) is 1.93. The summed E-state index contributed by atoms with van der Waals surface area (Å²) in [6.45, 7) is 7.43. The van der Waals surface area contributed by atoms with Crippen LogP contribution in [0.1, 0.15) is 59.6 Å². The van der Waals surface area contributed by atoms with Crippen molar-refractivity contribution in [3.8, 4) is 0 Å².